The number of hydrogen-bond donors (Lipinski definition) is 0. The van der Waals surface area contributed by atoms with E-state index in [9.17, 15) is 9.59 Å². The Morgan fingerprint density at radius 3 is 2.67 bits per heavy atom. The van der Waals surface area contributed by atoms with E-state index in [1.54, 1.807) is 6.20 Å². The minimum absolute atomic E-state index is 0.0907. The van der Waals surface area contributed by atoms with Gasteiger partial charge in [-0.3, -0.25) is 9.78 Å². The smallest absolute Gasteiger partial charge is 0.339 e. The van der Waals surface area contributed by atoms with Crippen molar-refractivity contribution in [3.05, 3.63) is 64.5 Å². The lowest BCUT2D eigenvalue weighted by molar-refractivity contribution is -0.131. The number of fused-ring (bicyclic) bond motifs is 1. The number of carbonyl (C=O) groups excluding carboxylic acids is 2. The van der Waals surface area contributed by atoms with Crippen molar-refractivity contribution in [1.82, 2.24) is 9.88 Å². The molecule has 5 nitrogen and oxygen atoms in total. The molecule has 1 amide bonds. The molecule has 0 radical (unpaired) electrons. The van der Waals surface area contributed by atoms with Gasteiger partial charge in [0.25, 0.3) is 0 Å². The van der Waals surface area contributed by atoms with Crippen molar-refractivity contribution in [2.24, 2.45) is 0 Å². The number of benzene rings is 1. The number of amides is 1. The Bertz CT molecular complexity index is 769. The molecule has 0 spiro atoms. The molecular formula is C19H20N2O3. The van der Waals surface area contributed by atoms with Gasteiger partial charge in [-0.15, -0.1) is 0 Å². The Morgan fingerprint density at radius 1 is 1.21 bits per heavy atom. The largest absolute Gasteiger partial charge is 0.465 e. The summed E-state index contributed by atoms with van der Waals surface area (Å²) in [5.74, 6) is -0.285. The highest BCUT2D eigenvalue weighted by molar-refractivity contribution is 5.91. The van der Waals surface area contributed by atoms with E-state index >= 15 is 0 Å². The average molecular weight is 324 g/mol. The molecule has 1 aliphatic rings. The van der Waals surface area contributed by atoms with Gasteiger partial charge in [-0.05, 0) is 30.0 Å². The Kier molecular flexibility index (Phi) is 4.60. The molecule has 5 heteroatoms. The fourth-order valence-corrected chi connectivity index (χ4v) is 2.98. The number of nitrogens with zero attached hydrogens (tertiary/aromatic N) is 2. The molecule has 0 unspecified atom stereocenters. The third kappa shape index (κ3) is 3.30. The van der Waals surface area contributed by atoms with Crippen LogP contribution in [0.1, 0.15) is 32.6 Å². The van der Waals surface area contributed by atoms with E-state index < -0.39 is 0 Å². The SMILES string of the molecule is COC(=O)c1cncc2c1CCN(C(=O)Cc1ccc(C)cc1)C2. The Balaban J connectivity index is 1.74. The van der Waals surface area contributed by atoms with Crippen molar-refractivity contribution in [3.8, 4) is 0 Å². The standard InChI is InChI=1S/C19H20N2O3/c1-13-3-5-14(6-4-13)9-18(22)21-8-7-16-15(12-21)10-20-11-17(16)19(23)24-2/h3-6,10-11H,7-9,12H2,1-2H3. The van der Waals surface area contributed by atoms with E-state index in [0.29, 0.717) is 31.5 Å². The molecule has 0 saturated heterocycles. The lowest BCUT2D eigenvalue weighted by atomic mass is 9.96. The fraction of sp³-hybridized carbons (Fsp3) is 0.316. The molecule has 2 heterocycles. The summed E-state index contributed by atoms with van der Waals surface area (Å²) in [6.07, 6.45) is 4.29. The molecule has 3 rings (SSSR count). The van der Waals surface area contributed by atoms with Crippen LogP contribution in [-0.4, -0.2) is 35.4 Å². The topological polar surface area (TPSA) is 59.5 Å². The molecular weight excluding hydrogens is 304 g/mol. The molecule has 0 saturated carbocycles. The predicted octanol–water partition coefficient (Wildman–Crippen LogP) is 2.30. The Morgan fingerprint density at radius 2 is 1.96 bits per heavy atom. The second-order valence-corrected chi connectivity index (χ2v) is 6.04. The van der Waals surface area contributed by atoms with Gasteiger partial charge in [-0.2, -0.15) is 0 Å². The quantitative estimate of drug-likeness (QED) is 0.813. The fourth-order valence-electron chi connectivity index (χ4n) is 2.98. The third-order valence-corrected chi connectivity index (χ3v) is 4.37. The summed E-state index contributed by atoms with van der Waals surface area (Å²) in [6.45, 7) is 3.11. The highest BCUT2D eigenvalue weighted by Crippen LogP contribution is 2.22. The normalized spacial score (nSPS) is 13.3. The van der Waals surface area contributed by atoms with E-state index in [0.717, 1.165) is 16.7 Å². The molecule has 0 atom stereocenters. The van der Waals surface area contributed by atoms with Crippen LogP contribution < -0.4 is 0 Å². The van der Waals surface area contributed by atoms with Crippen LogP contribution in [0.2, 0.25) is 0 Å². The van der Waals surface area contributed by atoms with Crippen LogP contribution in [0.5, 0.6) is 0 Å². The van der Waals surface area contributed by atoms with Gasteiger partial charge in [0.2, 0.25) is 5.91 Å². The highest BCUT2D eigenvalue weighted by Gasteiger charge is 2.25. The van der Waals surface area contributed by atoms with Gasteiger partial charge in [0.15, 0.2) is 0 Å². The van der Waals surface area contributed by atoms with Crippen LogP contribution in [0.25, 0.3) is 0 Å². The zero-order valence-corrected chi connectivity index (χ0v) is 13.9. The maximum absolute atomic E-state index is 12.6. The number of carbonyl (C=O) groups is 2. The van der Waals surface area contributed by atoms with Crippen LogP contribution in [-0.2, 0) is 28.9 Å². The van der Waals surface area contributed by atoms with E-state index in [1.165, 1.54) is 18.9 Å². The van der Waals surface area contributed by atoms with Gasteiger partial charge in [0, 0.05) is 25.5 Å². The molecule has 0 fully saturated rings. The molecule has 24 heavy (non-hydrogen) atoms. The summed E-state index contributed by atoms with van der Waals surface area (Å²) in [5.41, 5.74) is 4.55. The van der Waals surface area contributed by atoms with Crippen LogP contribution in [0.3, 0.4) is 0 Å². The number of aromatic nitrogens is 1. The van der Waals surface area contributed by atoms with Gasteiger partial charge in [0.05, 0.1) is 19.1 Å². The summed E-state index contributed by atoms with van der Waals surface area (Å²) >= 11 is 0. The molecule has 0 N–H and O–H groups in total. The van der Waals surface area contributed by atoms with E-state index in [2.05, 4.69) is 4.98 Å². The Labute approximate surface area is 141 Å². The first kappa shape index (κ1) is 16.2. The molecule has 1 aromatic heterocycles. The maximum Gasteiger partial charge on any atom is 0.339 e. The van der Waals surface area contributed by atoms with Crippen molar-refractivity contribution in [1.29, 1.82) is 0 Å². The van der Waals surface area contributed by atoms with Gasteiger partial charge in [-0.25, -0.2) is 4.79 Å². The first-order valence-corrected chi connectivity index (χ1v) is 7.96. The first-order chi connectivity index (χ1) is 11.6. The number of aryl methyl sites for hydroxylation is 1. The summed E-state index contributed by atoms with van der Waals surface area (Å²) in [5, 5.41) is 0. The summed E-state index contributed by atoms with van der Waals surface area (Å²) in [7, 11) is 1.36. The zero-order valence-electron chi connectivity index (χ0n) is 13.9. The maximum atomic E-state index is 12.6. The minimum Gasteiger partial charge on any atom is -0.465 e. The van der Waals surface area contributed by atoms with Crippen molar-refractivity contribution < 1.29 is 14.3 Å². The number of hydrogen-bond acceptors (Lipinski definition) is 4. The van der Waals surface area contributed by atoms with Gasteiger partial charge < -0.3 is 9.64 Å². The second-order valence-electron chi connectivity index (χ2n) is 6.04. The number of pyridine rings is 1. The number of ether oxygens (including phenoxy) is 1. The highest BCUT2D eigenvalue weighted by atomic mass is 16.5. The van der Waals surface area contributed by atoms with Crippen molar-refractivity contribution in [2.45, 2.75) is 26.3 Å². The summed E-state index contributed by atoms with van der Waals surface area (Å²) < 4.78 is 4.81. The Hall–Kier alpha value is -2.69. The number of rotatable bonds is 3. The average Bonchev–Trinajstić information content (AvgIpc) is 2.62. The second kappa shape index (κ2) is 6.83. The monoisotopic (exact) mass is 324 g/mol. The van der Waals surface area contributed by atoms with Crippen LogP contribution in [0.15, 0.2) is 36.7 Å². The van der Waals surface area contributed by atoms with Crippen LogP contribution >= 0.6 is 0 Å². The van der Waals surface area contributed by atoms with Gasteiger partial charge in [-0.1, -0.05) is 29.8 Å². The van der Waals surface area contributed by atoms with Crippen LogP contribution in [0.4, 0.5) is 0 Å². The summed E-state index contributed by atoms with van der Waals surface area (Å²) in [6, 6.07) is 8.01. The molecule has 1 aliphatic heterocycles. The molecule has 1 aromatic carbocycles. The van der Waals surface area contributed by atoms with E-state index in [-0.39, 0.29) is 11.9 Å². The van der Waals surface area contributed by atoms with E-state index in [4.69, 9.17) is 4.74 Å². The molecule has 0 bridgehead atoms. The lowest BCUT2D eigenvalue weighted by Gasteiger charge is -2.29. The van der Waals surface area contributed by atoms with Crippen molar-refractivity contribution in [2.75, 3.05) is 13.7 Å². The van der Waals surface area contributed by atoms with Crippen LogP contribution in [0, 0.1) is 6.92 Å². The number of esters is 1. The molecule has 124 valence electrons. The predicted molar refractivity (Wildman–Crippen MR) is 89.6 cm³/mol. The third-order valence-electron chi connectivity index (χ3n) is 4.37. The molecule has 0 aliphatic carbocycles. The van der Waals surface area contributed by atoms with Gasteiger partial charge in [0.1, 0.15) is 0 Å². The summed E-state index contributed by atoms with van der Waals surface area (Å²) in [4.78, 5) is 30.3. The number of methoxy groups -OCH3 is 1. The lowest BCUT2D eigenvalue weighted by Crippen LogP contribution is -2.37. The van der Waals surface area contributed by atoms with Crippen molar-refractivity contribution >= 4 is 11.9 Å². The van der Waals surface area contributed by atoms with Gasteiger partial charge >= 0.3 is 5.97 Å². The van der Waals surface area contributed by atoms with Crippen molar-refractivity contribution in [3.63, 3.8) is 0 Å². The zero-order chi connectivity index (χ0) is 17.1. The first-order valence-electron chi connectivity index (χ1n) is 7.96. The van der Waals surface area contributed by atoms with E-state index in [1.807, 2.05) is 36.1 Å². The molecule has 2 aromatic rings. The minimum atomic E-state index is -0.376.